The van der Waals surface area contributed by atoms with Crippen LogP contribution in [0, 0.1) is 0 Å². The molecule has 2 N–H and O–H groups in total. The summed E-state index contributed by atoms with van der Waals surface area (Å²) in [5, 5.41) is 19.7. The highest BCUT2D eigenvalue weighted by atomic mass is 17.3. The Hall–Kier alpha value is -0.990. The number of carbonyl (C=O) groups excluding carboxylic acids is 1. The van der Waals surface area contributed by atoms with Gasteiger partial charge in [-0.05, 0) is 32.1 Å². The average molecular weight is 457 g/mol. The quantitative estimate of drug-likeness (QED) is 0.137. The second-order valence-electron chi connectivity index (χ2n) is 9.18. The number of esters is 1. The van der Waals surface area contributed by atoms with Crippen LogP contribution in [0.15, 0.2) is 12.2 Å². The van der Waals surface area contributed by atoms with E-state index >= 15 is 0 Å². The summed E-state index contributed by atoms with van der Waals surface area (Å²) < 4.78 is 11.0. The Morgan fingerprint density at radius 1 is 1.00 bits per heavy atom. The molecule has 2 aliphatic heterocycles. The normalized spacial score (nSPS) is 27.7. The topological polar surface area (TPSA) is 94.5 Å². The molecule has 0 bridgehead atoms. The van der Waals surface area contributed by atoms with Gasteiger partial charge in [-0.25, -0.2) is 9.78 Å². The van der Waals surface area contributed by atoms with Gasteiger partial charge in [0.05, 0.1) is 13.2 Å². The van der Waals surface area contributed by atoms with Crippen molar-refractivity contribution in [3.8, 4) is 0 Å². The van der Waals surface area contributed by atoms with E-state index in [9.17, 15) is 15.0 Å². The van der Waals surface area contributed by atoms with Gasteiger partial charge >= 0.3 is 5.97 Å². The van der Waals surface area contributed by atoms with Crippen LogP contribution in [0.5, 0.6) is 0 Å². The molecule has 2 aliphatic rings. The molecule has 0 saturated carbocycles. The van der Waals surface area contributed by atoms with Crippen molar-refractivity contribution in [2.45, 2.75) is 121 Å². The Bertz CT molecular complexity index is 527. The first-order chi connectivity index (χ1) is 15.6. The minimum atomic E-state index is -1.06. The number of ether oxygens (including phenoxy) is 2. The van der Waals surface area contributed by atoms with Gasteiger partial charge in [0.1, 0.15) is 18.8 Å². The van der Waals surface area contributed by atoms with E-state index in [0.717, 1.165) is 25.7 Å². The molecule has 2 fully saturated rings. The fraction of sp³-hybridized carbons (Fsp3) is 0.880. The highest BCUT2D eigenvalue weighted by Crippen LogP contribution is 2.35. The predicted molar refractivity (Wildman–Crippen MR) is 122 cm³/mol. The van der Waals surface area contributed by atoms with E-state index in [1.165, 1.54) is 57.8 Å². The molecule has 32 heavy (non-hydrogen) atoms. The molecule has 0 spiro atoms. The van der Waals surface area contributed by atoms with Gasteiger partial charge < -0.3 is 19.7 Å². The number of hydrogen-bond donors (Lipinski definition) is 2. The van der Waals surface area contributed by atoms with Gasteiger partial charge in [0.25, 0.3) is 0 Å². The molecule has 0 amide bonds. The Morgan fingerprint density at radius 2 is 1.59 bits per heavy atom. The third kappa shape index (κ3) is 9.10. The van der Waals surface area contributed by atoms with Crippen LogP contribution in [0.2, 0.25) is 0 Å². The van der Waals surface area contributed by atoms with Gasteiger partial charge in [0.15, 0.2) is 11.7 Å². The highest BCUT2D eigenvalue weighted by molar-refractivity contribution is 5.69. The molecule has 7 heteroatoms. The summed E-state index contributed by atoms with van der Waals surface area (Å²) >= 11 is 0. The summed E-state index contributed by atoms with van der Waals surface area (Å²) in [6, 6.07) is 0. The second-order valence-corrected chi connectivity index (χ2v) is 9.18. The molecule has 0 aromatic heterocycles. The molecular formula is C25H44O7. The molecule has 2 heterocycles. The van der Waals surface area contributed by atoms with Crippen molar-refractivity contribution in [1.29, 1.82) is 0 Å². The number of allylic oxidation sites excluding steroid dienone is 2. The van der Waals surface area contributed by atoms with Crippen LogP contribution in [-0.4, -0.2) is 59.9 Å². The van der Waals surface area contributed by atoms with Crippen LogP contribution in [0.4, 0.5) is 0 Å². The summed E-state index contributed by atoms with van der Waals surface area (Å²) in [6.45, 7) is 2.11. The maximum Gasteiger partial charge on any atom is 0.306 e. The lowest BCUT2D eigenvalue weighted by Gasteiger charge is -2.43. The molecule has 2 rings (SSSR count). The van der Waals surface area contributed by atoms with Crippen LogP contribution < -0.4 is 0 Å². The molecule has 4 atom stereocenters. The van der Waals surface area contributed by atoms with Crippen molar-refractivity contribution in [3.63, 3.8) is 0 Å². The van der Waals surface area contributed by atoms with Crippen LogP contribution >= 0.6 is 0 Å². The molecule has 0 aromatic rings. The van der Waals surface area contributed by atoms with Crippen molar-refractivity contribution in [1.82, 2.24) is 0 Å². The molecule has 0 aliphatic carbocycles. The minimum Gasteiger partial charge on any atom is -0.457 e. The molecule has 7 nitrogen and oxygen atoms in total. The fourth-order valence-corrected chi connectivity index (χ4v) is 4.24. The van der Waals surface area contributed by atoms with E-state index in [4.69, 9.17) is 19.2 Å². The third-order valence-corrected chi connectivity index (χ3v) is 6.35. The number of aliphatic hydroxyl groups is 2. The standard InChI is InChI=1S/C25H44O7/c1-2-3-4-5-6-7-8-9-10-11-12-13-14-15-16-17-22(28)31-23-21(27)18-29-24(23)25(19-26)20-30-32-25/h9-10,21,23-24,26-27H,2-8,11-20H2,1H3/b10-9-/t21-,23+,24-,25-/m0/s1. The Kier molecular flexibility index (Phi) is 13.4. The Balaban J connectivity index is 1.45. The van der Waals surface area contributed by atoms with Gasteiger partial charge in [-0.2, -0.15) is 0 Å². The first-order valence-electron chi connectivity index (χ1n) is 12.7. The Labute approximate surface area is 193 Å². The van der Waals surface area contributed by atoms with Gasteiger partial charge in [0, 0.05) is 6.42 Å². The summed E-state index contributed by atoms with van der Waals surface area (Å²) in [5.41, 5.74) is -1.06. The first kappa shape index (κ1) is 27.3. The third-order valence-electron chi connectivity index (χ3n) is 6.35. The number of rotatable bonds is 18. The van der Waals surface area contributed by atoms with Crippen molar-refractivity contribution in [2.24, 2.45) is 0 Å². The van der Waals surface area contributed by atoms with E-state index in [1.807, 2.05) is 0 Å². The Morgan fingerprint density at radius 3 is 2.16 bits per heavy atom. The van der Waals surface area contributed by atoms with Crippen LogP contribution in [0.25, 0.3) is 0 Å². The average Bonchev–Trinajstić information content (AvgIpc) is 3.11. The maximum atomic E-state index is 12.2. The zero-order chi connectivity index (χ0) is 23.1. The first-order valence-corrected chi connectivity index (χ1v) is 12.7. The second kappa shape index (κ2) is 15.8. The number of carbonyl (C=O) groups is 1. The smallest absolute Gasteiger partial charge is 0.306 e. The summed E-state index contributed by atoms with van der Waals surface area (Å²) in [6.07, 6.45) is 18.1. The predicted octanol–water partition coefficient (Wildman–Crippen LogP) is 4.39. The van der Waals surface area contributed by atoms with Crippen molar-refractivity contribution in [3.05, 3.63) is 12.2 Å². The van der Waals surface area contributed by atoms with E-state index in [1.54, 1.807) is 0 Å². The molecule has 0 radical (unpaired) electrons. The molecule has 186 valence electrons. The van der Waals surface area contributed by atoms with Gasteiger partial charge in [-0.3, -0.25) is 4.79 Å². The lowest BCUT2D eigenvalue weighted by atomic mass is 9.92. The monoisotopic (exact) mass is 456 g/mol. The van der Waals surface area contributed by atoms with Gasteiger partial charge in [-0.1, -0.05) is 70.4 Å². The van der Waals surface area contributed by atoms with E-state index in [-0.39, 0.29) is 25.8 Å². The van der Waals surface area contributed by atoms with E-state index in [0.29, 0.717) is 6.42 Å². The van der Waals surface area contributed by atoms with Crippen LogP contribution in [0.3, 0.4) is 0 Å². The lowest BCUT2D eigenvalue weighted by molar-refractivity contribution is -0.493. The van der Waals surface area contributed by atoms with E-state index < -0.39 is 23.9 Å². The van der Waals surface area contributed by atoms with Crippen LogP contribution in [-0.2, 0) is 24.0 Å². The SMILES string of the molecule is CCCCCCCC/C=C\CCCCCCCC(=O)O[C@@H]1[C@@H](O)CO[C@@H]1[C@]1(CO)COO1. The van der Waals surface area contributed by atoms with Gasteiger partial charge in [0.2, 0.25) is 0 Å². The fourth-order valence-electron chi connectivity index (χ4n) is 4.24. The number of aliphatic hydroxyl groups excluding tert-OH is 2. The van der Waals surface area contributed by atoms with Crippen molar-refractivity contribution >= 4 is 5.97 Å². The maximum absolute atomic E-state index is 12.2. The van der Waals surface area contributed by atoms with Crippen molar-refractivity contribution < 1.29 is 34.3 Å². The molecule has 2 saturated heterocycles. The summed E-state index contributed by atoms with van der Waals surface area (Å²) in [5.74, 6) is -0.351. The zero-order valence-electron chi connectivity index (χ0n) is 19.8. The minimum absolute atomic E-state index is 0.0428. The summed E-state index contributed by atoms with van der Waals surface area (Å²) in [7, 11) is 0. The lowest BCUT2D eigenvalue weighted by Crippen LogP contribution is -2.63. The zero-order valence-corrected chi connectivity index (χ0v) is 19.8. The molecule has 0 aromatic carbocycles. The van der Waals surface area contributed by atoms with E-state index in [2.05, 4.69) is 19.1 Å². The van der Waals surface area contributed by atoms with Crippen LogP contribution in [0.1, 0.15) is 96.8 Å². The number of unbranched alkanes of at least 4 members (excludes halogenated alkanes) is 11. The summed E-state index contributed by atoms with van der Waals surface area (Å²) in [4.78, 5) is 22.0. The van der Waals surface area contributed by atoms with Gasteiger partial charge in [-0.15, -0.1) is 0 Å². The van der Waals surface area contributed by atoms with Crippen molar-refractivity contribution in [2.75, 3.05) is 19.8 Å². The molecule has 0 unspecified atom stereocenters. The molecular weight excluding hydrogens is 412 g/mol. The highest BCUT2D eigenvalue weighted by Gasteiger charge is 2.58. The largest absolute Gasteiger partial charge is 0.457 e. The number of hydrogen-bond acceptors (Lipinski definition) is 7.